The lowest BCUT2D eigenvalue weighted by molar-refractivity contribution is -0.114. The first-order valence-corrected chi connectivity index (χ1v) is 7.30. The van der Waals surface area contributed by atoms with Crippen LogP contribution in [0.3, 0.4) is 0 Å². The predicted octanol–water partition coefficient (Wildman–Crippen LogP) is 2.58. The highest BCUT2D eigenvalue weighted by atomic mass is 32.2. The van der Waals surface area contributed by atoms with E-state index < -0.39 is 0 Å². The number of aromatic nitrogens is 1. The number of thioether (sulfide) groups is 1. The molecule has 1 aromatic heterocycles. The smallest absolute Gasteiger partial charge is 0.223 e. The summed E-state index contributed by atoms with van der Waals surface area (Å²) in [5, 5.41) is 11.5. The lowest BCUT2D eigenvalue weighted by Crippen LogP contribution is -2.11. The SMILES string of the molecule is C/C=N\N(C)C1=CSCc2nc(NC(C)=O)sc21. The van der Waals surface area contributed by atoms with Crippen LogP contribution in [0, 0.1) is 0 Å². The molecule has 0 fully saturated rings. The number of rotatable bonds is 3. The fourth-order valence-electron chi connectivity index (χ4n) is 1.57. The zero-order chi connectivity index (χ0) is 13.1. The van der Waals surface area contributed by atoms with E-state index in [4.69, 9.17) is 0 Å². The normalized spacial score (nSPS) is 14.3. The number of carbonyl (C=O) groups is 1. The number of amides is 1. The number of fused-ring (bicyclic) bond motifs is 1. The molecule has 1 aliphatic rings. The van der Waals surface area contributed by atoms with Crippen molar-refractivity contribution >= 4 is 46.0 Å². The first kappa shape index (κ1) is 13.1. The van der Waals surface area contributed by atoms with Gasteiger partial charge < -0.3 is 5.32 Å². The van der Waals surface area contributed by atoms with Crippen LogP contribution in [0.2, 0.25) is 0 Å². The van der Waals surface area contributed by atoms with Crippen LogP contribution in [0.15, 0.2) is 10.5 Å². The summed E-state index contributed by atoms with van der Waals surface area (Å²) >= 11 is 3.17. The molecular formula is C11H14N4OS2. The summed E-state index contributed by atoms with van der Waals surface area (Å²) in [6.07, 6.45) is 1.75. The van der Waals surface area contributed by atoms with E-state index in [2.05, 4.69) is 20.8 Å². The minimum atomic E-state index is -0.0980. The van der Waals surface area contributed by atoms with Crippen molar-refractivity contribution < 1.29 is 4.79 Å². The van der Waals surface area contributed by atoms with Crippen LogP contribution < -0.4 is 5.32 Å². The number of hydrogen-bond donors (Lipinski definition) is 1. The van der Waals surface area contributed by atoms with Crippen molar-refractivity contribution in [2.24, 2.45) is 5.10 Å². The Morgan fingerprint density at radius 1 is 1.67 bits per heavy atom. The Morgan fingerprint density at radius 3 is 3.11 bits per heavy atom. The molecule has 0 saturated heterocycles. The molecule has 7 heteroatoms. The zero-order valence-electron chi connectivity index (χ0n) is 10.4. The van der Waals surface area contributed by atoms with Crippen molar-refractivity contribution in [3.8, 4) is 0 Å². The van der Waals surface area contributed by atoms with E-state index in [-0.39, 0.29) is 5.91 Å². The second kappa shape index (κ2) is 5.53. The van der Waals surface area contributed by atoms with Crippen molar-refractivity contribution in [3.63, 3.8) is 0 Å². The monoisotopic (exact) mass is 282 g/mol. The molecule has 0 bridgehead atoms. The highest BCUT2D eigenvalue weighted by molar-refractivity contribution is 8.01. The maximum absolute atomic E-state index is 11.0. The Balaban J connectivity index is 2.31. The van der Waals surface area contributed by atoms with Gasteiger partial charge in [-0.2, -0.15) is 5.10 Å². The first-order chi connectivity index (χ1) is 8.61. The van der Waals surface area contributed by atoms with Gasteiger partial charge in [-0.3, -0.25) is 9.80 Å². The van der Waals surface area contributed by atoms with Crippen molar-refractivity contribution in [2.45, 2.75) is 19.6 Å². The van der Waals surface area contributed by atoms with Gasteiger partial charge >= 0.3 is 0 Å². The standard InChI is InChI=1S/C11H14N4OS2/c1-4-12-15(3)9-6-17-5-8-10(9)18-11(14-8)13-7(2)16/h4,6H,5H2,1-3H3,(H,13,14,16)/b12-4-. The molecule has 96 valence electrons. The van der Waals surface area contributed by atoms with Gasteiger partial charge in [-0.05, 0) is 12.3 Å². The molecule has 0 radical (unpaired) electrons. The summed E-state index contributed by atoms with van der Waals surface area (Å²) in [6, 6.07) is 0. The molecule has 1 N–H and O–H groups in total. The van der Waals surface area contributed by atoms with Crippen molar-refractivity contribution in [2.75, 3.05) is 12.4 Å². The maximum Gasteiger partial charge on any atom is 0.223 e. The topological polar surface area (TPSA) is 57.6 Å². The Kier molecular flexibility index (Phi) is 4.03. The van der Waals surface area contributed by atoms with Gasteiger partial charge in [-0.25, -0.2) is 4.98 Å². The van der Waals surface area contributed by atoms with Crippen LogP contribution in [-0.2, 0) is 10.5 Å². The summed E-state index contributed by atoms with van der Waals surface area (Å²) in [5.74, 6) is 0.734. The Labute approximate surface area is 114 Å². The molecule has 1 aromatic rings. The van der Waals surface area contributed by atoms with Crippen LogP contribution in [-0.4, -0.2) is 29.2 Å². The molecule has 5 nitrogen and oxygen atoms in total. The molecule has 0 spiro atoms. The molecule has 1 aliphatic heterocycles. The van der Waals surface area contributed by atoms with Gasteiger partial charge in [0.25, 0.3) is 0 Å². The predicted molar refractivity (Wildman–Crippen MR) is 77.6 cm³/mol. The van der Waals surface area contributed by atoms with Crippen molar-refractivity contribution in [1.29, 1.82) is 0 Å². The third kappa shape index (κ3) is 2.73. The number of nitrogens with zero attached hydrogens (tertiary/aromatic N) is 3. The van der Waals surface area contributed by atoms with E-state index in [1.807, 2.05) is 19.0 Å². The molecule has 0 aliphatic carbocycles. The average molecular weight is 282 g/mol. The van der Waals surface area contributed by atoms with Gasteiger partial charge in [0, 0.05) is 25.9 Å². The van der Waals surface area contributed by atoms with Gasteiger partial charge in [0.2, 0.25) is 5.91 Å². The molecule has 18 heavy (non-hydrogen) atoms. The lowest BCUT2D eigenvalue weighted by atomic mass is 10.3. The number of hydrazone groups is 1. The number of anilines is 1. The summed E-state index contributed by atoms with van der Waals surface area (Å²) < 4.78 is 0. The van der Waals surface area contributed by atoms with Crippen LogP contribution in [0.5, 0.6) is 0 Å². The Bertz CT molecular complexity index is 521. The van der Waals surface area contributed by atoms with Crippen LogP contribution >= 0.6 is 23.1 Å². The number of carbonyl (C=O) groups excluding carboxylic acids is 1. The number of hydrogen-bond acceptors (Lipinski definition) is 6. The van der Waals surface area contributed by atoms with Crippen LogP contribution in [0.1, 0.15) is 24.4 Å². The highest BCUT2D eigenvalue weighted by Crippen LogP contribution is 2.38. The second-order valence-electron chi connectivity index (χ2n) is 3.69. The van der Waals surface area contributed by atoms with Gasteiger partial charge in [0.05, 0.1) is 16.3 Å². The maximum atomic E-state index is 11.0. The molecule has 0 aromatic carbocycles. The van der Waals surface area contributed by atoms with E-state index in [1.165, 1.54) is 18.3 Å². The van der Waals surface area contributed by atoms with Gasteiger partial charge in [-0.1, -0.05) is 11.3 Å². The Hall–Kier alpha value is -1.34. The molecular weight excluding hydrogens is 268 g/mol. The van der Waals surface area contributed by atoms with E-state index in [0.717, 1.165) is 22.0 Å². The molecule has 1 amide bonds. The van der Waals surface area contributed by atoms with Crippen molar-refractivity contribution in [1.82, 2.24) is 9.99 Å². The highest BCUT2D eigenvalue weighted by Gasteiger charge is 2.21. The fraction of sp³-hybridized carbons (Fsp3) is 0.364. The summed E-state index contributed by atoms with van der Waals surface area (Å²) in [7, 11) is 1.90. The van der Waals surface area contributed by atoms with Gasteiger partial charge in [0.1, 0.15) is 0 Å². The largest absolute Gasteiger partial charge is 0.302 e. The molecule has 2 heterocycles. The molecule has 0 saturated carbocycles. The minimum Gasteiger partial charge on any atom is -0.302 e. The summed E-state index contributed by atoms with van der Waals surface area (Å²) in [5.41, 5.74) is 2.03. The third-order valence-electron chi connectivity index (χ3n) is 2.27. The zero-order valence-corrected chi connectivity index (χ0v) is 12.1. The minimum absolute atomic E-state index is 0.0980. The van der Waals surface area contributed by atoms with E-state index >= 15 is 0 Å². The summed E-state index contributed by atoms with van der Waals surface area (Å²) in [4.78, 5) is 16.6. The molecule has 2 rings (SSSR count). The van der Waals surface area contributed by atoms with Gasteiger partial charge in [0.15, 0.2) is 5.13 Å². The average Bonchev–Trinajstić information content (AvgIpc) is 2.69. The van der Waals surface area contributed by atoms with Crippen LogP contribution in [0.4, 0.5) is 5.13 Å². The summed E-state index contributed by atoms with van der Waals surface area (Å²) in [6.45, 7) is 3.36. The van der Waals surface area contributed by atoms with Crippen LogP contribution in [0.25, 0.3) is 5.70 Å². The van der Waals surface area contributed by atoms with E-state index in [9.17, 15) is 4.79 Å². The third-order valence-corrected chi connectivity index (χ3v) is 4.13. The first-order valence-electron chi connectivity index (χ1n) is 5.43. The van der Waals surface area contributed by atoms with Crippen molar-refractivity contribution in [3.05, 3.63) is 16.0 Å². The number of nitrogens with one attached hydrogen (secondary N) is 1. The second-order valence-corrected chi connectivity index (χ2v) is 5.54. The quantitative estimate of drug-likeness (QED) is 0.684. The Morgan fingerprint density at radius 2 is 2.44 bits per heavy atom. The van der Waals surface area contributed by atoms with E-state index in [0.29, 0.717) is 5.13 Å². The van der Waals surface area contributed by atoms with E-state index in [1.54, 1.807) is 18.0 Å². The fourth-order valence-corrected chi connectivity index (χ4v) is 3.68. The number of thiazole rings is 1. The lowest BCUT2D eigenvalue weighted by Gasteiger charge is -2.19. The molecule has 0 unspecified atom stereocenters. The molecule has 0 atom stereocenters. The van der Waals surface area contributed by atoms with Gasteiger partial charge in [-0.15, -0.1) is 11.8 Å².